The first kappa shape index (κ1) is 30.8. The molecule has 4 rings (SSSR count). The van der Waals surface area contributed by atoms with Crippen molar-refractivity contribution in [3.8, 4) is 0 Å². The molecule has 0 N–H and O–H groups in total. The molecule has 1 atom stereocenters. The molecule has 1 aromatic heterocycles. The van der Waals surface area contributed by atoms with Crippen LogP contribution in [0.1, 0.15) is 20.8 Å². The highest BCUT2D eigenvalue weighted by Gasteiger charge is 2.37. The molecule has 0 saturated carbocycles. The van der Waals surface area contributed by atoms with Gasteiger partial charge in [0.25, 0.3) is 0 Å². The zero-order chi connectivity index (χ0) is 29.9. The number of ether oxygens (including phenoxy) is 3. The quantitative estimate of drug-likeness (QED) is 0.311. The summed E-state index contributed by atoms with van der Waals surface area (Å²) in [5, 5.41) is 3.73. The van der Waals surface area contributed by atoms with Gasteiger partial charge in [0.1, 0.15) is 30.4 Å². The van der Waals surface area contributed by atoms with Crippen LogP contribution in [0.25, 0.3) is 0 Å². The van der Waals surface area contributed by atoms with Crippen LogP contribution < -0.4 is 14.7 Å². The van der Waals surface area contributed by atoms with Crippen LogP contribution >= 0.6 is 34.8 Å². The Bertz CT molecular complexity index is 1250. The zero-order valence-electron chi connectivity index (χ0n) is 22.5. The summed E-state index contributed by atoms with van der Waals surface area (Å²) < 4.78 is 34.1. The van der Waals surface area contributed by atoms with Crippen LogP contribution in [0.5, 0.6) is 0 Å². The SMILES string of the molecule is CC(C)(C)OC(=O)N1CCN(c2ccc(N3CC(CN(C(=O)OCC(Cl)(Cl)Cl)c4ccon4)OC3=O)cc2F)CC1. The lowest BCUT2D eigenvalue weighted by molar-refractivity contribution is 0.0240. The fraction of sp³-hybridized carbons (Fsp3) is 0.520. The Labute approximate surface area is 250 Å². The fourth-order valence-corrected chi connectivity index (χ4v) is 4.40. The Balaban J connectivity index is 1.38. The predicted octanol–water partition coefficient (Wildman–Crippen LogP) is 5.21. The number of halogens is 4. The number of nitrogens with zero attached hydrogens (tertiary/aromatic N) is 5. The van der Waals surface area contributed by atoms with E-state index in [1.807, 2.05) is 4.90 Å². The van der Waals surface area contributed by atoms with Crippen LogP contribution in [0.15, 0.2) is 35.1 Å². The highest BCUT2D eigenvalue weighted by molar-refractivity contribution is 6.67. The van der Waals surface area contributed by atoms with Gasteiger partial charge in [0.15, 0.2) is 5.82 Å². The molecule has 1 aromatic carbocycles. The second-order valence-electron chi connectivity index (χ2n) is 10.3. The van der Waals surface area contributed by atoms with Gasteiger partial charge in [0.2, 0.25) is 3.79 Å². The number of amides is 3. The maximum absolute atomic E-state index is 15.2. The van der Waals surface area contributed by atoms with Crippen molar-refractivity contribution in [1.29, 1.82) is 0 Å². The summed E-state index contributed by atoms with van der Waals surface area (Å²) in [6, 6.07) is 5.83. The number of hydrogen-bond acceptors (Lipinski definition) is 9. The first-order valence-electron chi connectivity index (χ1n) is 12.6. The number of benzene rings is 1. The van der Waals surface area contributed by atoms with Crippen LogP contribution in [0.2, 0.25) is 0 Å². The number of carbonyl (C=O) groups excluding carboxylic acids is 3. The van der Waals surface area contributed by atoms with E-state index in [-0.39, 0.29) is 24.6 Å². The average molecular weight is 637 g/mol. The summed E-state index contributed by atoms with van der Waals surface area (Å²) >= 11 is 17.0. The minimum Gasteiger partial charge on any atom is -0.445 e. The van der Waals surface area contributed by atoms with Crippen molar-refractivity contribution in [2.75, 3.05) is 60.6 Å². The van der Waals surface area contributed by atoms with E-state index in [9.17, 15) is 14.4 Å². The van der Waals surface area contributed by atoms with E-state index >= 15 is 4.39 Å². The number of aromatic nitrogens is 1. The molecule has 3 heterocycles. The van der Waals surface area contributed by atoms with E-state index < -0.39 is 46.2 Å². The summed E-state index contributed by atoms with van der Waals surface area (Å²) in [7, 11) is 0. The molecular weight excluding hydrogens is 608 g/mol. The molecule has 1 unspecified atom stereocenters. The standard InChI is InChI=1S/C25H29Cl3FN5O7/c1-24(2,3)41-21(35)32-9-7-31(8-10-32)19-5-4-16(12-18(19)29)33-13-17(40-23(33)37)14-34(20-6-11-39-30-20)22(36)38-15-25(26,27)28/h4-6,11-12,17H,7-10,13-15H2,1-3H3. The molecule has 2 aliphatic rings. The molecule has 0 bridgehead atoms. The molecule has 2 fully saturated rings. The van der Waals surface area contributed by atoms with E-state index in [4.69, 9.17) is 53.5 Å². The van der Waals surface area contributed by atoms with E-state index in [1.165, 1.54) is 23.3 Å². The number of hydrogen-bond donors (Lipinski definition) is 0. The fourth-order valence-electron chi connectivity index (χ4n) is 4.24. The molecule has 224 valence electrons. The van der Waals surface area contributed by atoms with Gasteiger partial charge in [-0.2, -0.15) is 0 Å². The number of carbonyl (C=O) groups is 3. The monoisotopic (exact) mass is 635 g/mol. The first-order valence-corrected chi connectivity index (χ1v) is 13.8. The Morgan fingerprint density at radius 3 is 2.44 bits per heavy atom. The molecule has 2 aromatic rings. The van der Waals surface area contributed by atoms with Gasteiger partial charge in [0, 0.05) is 32.2 Å². The lowest BCUT2D eigenvalue weighted by Gasteiger charge is -2.37. The first-order chi connectivity index (χ1) is 19.2. The number of rotatable bonds is 6. The summed E-state index contributed by atoms with van der Waals surface area (Å²) in [6.45, 7) is 6.30. The molecule has 2 saturated heterocycles. The average Bonchev–Trinajstić information content (AvgIpc) is 3.54. The van der Waals surface area contributed by atoms with Gasteiger partial charge in [-0.3, -0.25) is 9.80 Å². The third-order valence-electron chi connectivity index (χ3n) is 6.06. The highest BCUT2D eigenvalue weighted by Crippen LogP contribution is 2.30. The van der Waals surface area contributed by atoms with Gasteiger partial charge >= 0.3 is 18.3 Å². The molecule has 0 radical (unpaired) electrons. The van der Waals surface area contributed by atoms with Crippen molar-refractivity contribution < 1.29 is 37.5 Å². The maximum atomic E-state index is 15.2. The number of cyclic esters (lactones) is 1. The Morgan fingerprint density at radius 1 is 1.15 bits per heavy atom. The van der Waals surface area contributed by atoms with Crippen molar-refractivity contribution >= 4 is 70.3 Å². The number of anilines is 3. The smallest absolute Gasteiger partial charge is 0.415 e. The van der Waals surface area contributed by atoms with Gasteiger partial charge in [-0.25, -0.2) is 18.8 Å². The summed E-state index contributed by atoms with van der Waals surface area (Å²) in [5.74, 6) is -0.444. The largest absolute Gasteiger partial charge is 0.445 e. The zero-order valence-corrected chi connectivity index (χ0v) is 24.8. The minimum atomic E-state index is -1.83. The van der Waals surface area contributed by atoms with Crippen molar-refractivity contribution in [3.63, 3.8) is 0 Å². The number of piperazine rings is 1. The molecular formula is C25H29Cl3FN5O7. The Morgan fingerprint density at radius 2 is 1.85 bits per heavy atom. The summed E-state index contributed by atoms with van der Waals surface area (Å²) in [6.07, 6.45) is -1.59. The van der Waals surface area contributed by atoms with Crippen LogP contribution in [-0.2, 0) is 14.2 Å². The highest BCUT2D eigenvalue weighted by atomic mass is 35.6. The van der Waals surface area contributed by atoms with E-state index in [0.29, 0.717) is 31.9 Å². The molecule has 16 heteroatoms. The van der Waals surface area contributed by atoms with Crippen LogP contribution in [-0.4, -0.2) is 89.7 Å². The number of alkyl halides is 3. The van der Waals surface area contributed by atoms with Crippen molar-refractivity contribution in [2.24, 2.45) is 0 Å². The molecule has 2 aliphatic heterocycles. The van der Waals surface area contributed by atoms with E-state index in [1.54, 1.807) is 37.8 Å². The lowest BCUT2D eigenvalue weighted by atomic mass is 10.2. The van der Waals surface area contributed by atoms with Crippen LogP contribution in [0, 0.1) is 5.82 Å². The van der Waals surface area contributed by atoms with Crippen molar-refractivity contribution in [1.82, 2.24) is 10.1 Å². The third-order valence-corrected chi connectivity index (χ3v) is 6.38. The Kier molecular flexibility index (Phi) is 9.29. The van der Waals surface area contributed by atoms with E-state index in [2.05, 4.69) is 5.16 Å². The molecule has 3 amide bonds. The van der Waals surface area contributed by atoms with Crippen molar-refractivity contribution in [3.05, 3.63) is 36.3 Å². The van der Waals surface area contributed by atoms with Crippen molar-refractivity contribution in [2.45, 2.75) is 36.3 Å². The predicted molar refractivity (Wildman–Crippen MR) is 150 cm³/mol. The van der Waals surface area contributed by atoms with Gasteiger partial charge in [0.05, 0.1) is 24.5 Å². The van der Waals surface area contributed by atoms with Crippen LogP contribution in [0.4, 0.5) is 36.0 Å². The topological polar surface area (TPSA) is 118 Å². The molecule has 12 nitrogen and oxygen atoms in total. The molecule has 0 spiro atoms. The van der Waals surface area contributed by atoms with Gasteiger partial charge in [-0.1, -0.05) is 40.0 Å². The second kappa shape index (κ2) is 12.4. The third kappa shape index (κ3) is 8.20. The maximum Gasteiger partial charge on any atom is 0.415 e. The summed E-state index contributed by atoms with van der Waals surface area (Å²) in [4.78, 5) is 43.4. The summed E-state index contributed by atoms with van der Waals surface area (Å²) in [5.41, 5.74) is 0.0172. The second-order valence-corrected chi connectivity index (χ2v) is 12.9. The minimum absolute atomic E-state index is 0.0122. The van der Waals surface area contributed by atoms with Gasteiger partial charge < -0.3 is 28.5 Å². The van der Waals surface area contributed by atoms with Gasteiger partial charge in [-0.15, -0.1) is 0 Å². The van der Waals surface area contributed by atoms with E-state index in [0.717, 1.165) is 4.90 Å². The Hall–Kier alpha value is -3.16. The molecule has 41 heavy (non-hydrogen) atoms. The van der Waals surface area contributed by atoms with Crippen LogP contribution in [0.3, 0.4) is 0 Å². The normalized spacial score (nSPS) is 17.9. The lowest BCUT2D eigenvalue weighted by Crippen LogP contribution is -2.50. The molecule has 0 aliphatic carbocycles. The van der Waals surface area contributed by atoms with Gasteiger partial charge in [-0.05, 0) is 39.0 Å².